The second-order valence-corrected chi connectivity index (χ2v) is 6.78. The normalized spacial score (nSPS) is 11.1. The van der Waals surface area contributed by atoms with Crippen LogP contribution in [0.5, 0.6) is 0 Å². The second-order valence-electron chi connectivity index (χ2n) is 6.37. The van der Waals surface area contributed by atoms with Crippen LogP contribution in [0.1, 0.15) is 21.9 Å². The van der Waals surface area contributed by atoms with Gasteiger partial charge in [-0.15, -0.1) is 0 Å². The van der Waals surface area contributed by atoms with Crippen molar-refractivity contribution in [3.63, 3.8) is 0 Å². The highest BCUT2D eigenvalue weighted by Crippen LogP contribution is 2.30. The van der Waals surface area contributed by atoms with Crippen LogP contribution in [-0.2, 0) is 6.42 Å². The molecular weight excluding hydrogens is 404 g/mol. The number of halogens is 3. The smallest absolute Gasteiger partial charge is 0.335 e. The molecule has 0 aliphatic rings. The van der Waals surface area contributed by atoms with Gasteiger partial charge in [-0.2, -0.15) is 0 Å². The molecule has 9 heteroatoms. The lowest BCUT2D eigenvalue weighted by atomic mass is 10.1. The number of nitrogens with zero attached hydrogens (tertiary/aromatic N) is 2. The number of H-pyrrole nitrogens is 1. The number of carboxylic acids is 1. The molecule has 0 saturated heterocycles. The fraction of sp³-hybridized carbons (Fsp3) is 0.0500. The summed E-state index contributed by atoms with van der Waals surface area (Å²) in [5.74, 6) is -2.28. The molecule has 0 unspecified atom stereocenters. The lowest BCUT2D eigenvalue weighted by molar-refractivity contribution is -0.909. The number of carboxylic acid groups (broad SMARTS) is 1. The zero-order valence-corrected chi connectivity index (χ0v) is 15.4. The summed E-state index contributed by atoms with van der Waals surface area (Å²) in [5, 5.41) is 19.1. The monoisotopic (exact) mass is 416 g/mol. The van der Waals surface area contributed by atoms with Crippen molar-refractivity contribution in [1.82, 2.24) is 9.97 Å². The average molecular weight is 417 g/mol. The molecule has 0 saturated carbocycles. The summed E-state index contributed by atoms with van der Waals surface area (Å²) in [6, 6.07) is 9.64. The highest BCUT2D eigenvalue weighted by molar-refractivity contribution is 6.31. The van der Waals surface area contributed by atoms with E-state index in [1.54, 1.807) is 6.07 Å². The van der Waals surface area contributed by atoms with Gasteiger partial charge in [-0.25, -0.2) is 18.6 Å². The quantitative estimate of drug-likeness (QED) is 0.267. The first-order valence-corrected chi connectivity index (χ1v) is 8.81. The minimum Gasteiger partial charge on any atom is -0.478 e. The summed E-state index contributed by atoms with van der Waals surface area (Å²) >= 11 is 5.72. The fourth-order valence-corrected chi connectivity index (χ4v) is 3.21. The molecule has 6 nitrogen and oxygen atoms in total. The zero-order valence-electron chi connectivity index (χ0n) is 14.7. The molecule has 3 N–H and O–H groups in total. The first-order valence-electron chi connectivity index (χ1n) is 8.43. The predicted octanol–water partition coefficient (Wildman–Crippen LogP) is 3.98. The van der Waals surface area contributed by atoms with Crippen molar-refractivity contribution in [1.29, 1.82) is 0 Å². The van der Waals surface area contributed by atoms with Gasteiger partial charge in [0.1, 0.15) is 11.6 Å². The number of imidazole rings is 1. The third kappa shape index (κ3) is 3.50. The van der Waals surface area contributed by atoms with Crippen LogP contribution in [0.15, 0.2) is 48.7 Å². The molecule has 0 aliphatic carbocycles. The standard InChI is InChI=1S/C20H12ClF2N3O3/c21-13-4-5-14(22)18(19(13)23)11-1-3-12(26(29)9-11)8-17-24-15-6-2-10(20(27)28)7-16(15)25-17/h1-7,9H,8H2,(H2-,24,25,27,28,29)/p+1. The number of pyridine rings is 1. The summed E-state index contributed by atoms with van der Waals surface area (Å²) < 4.78 is 29.0. The van der Waals surface area contributed by atoms with Crippen molar-refractivity contribution < 1.29 is 28.6 Å². The SMILES string of the molecule is O=C(O)c1ccc2nc(Cc3ccc(-c4c(F)ccc(Cl)c4F)c[n+]3O)[nH]c2c1. The maximum absolute atomic E-state index is 14.2. The van der Waals surface area contributed by atoms with Gasteiger partial charge in [0.25, 0.3) is 0 Å². The maximum atomic E-state index is 14.2. The van der Waals surface area contributed by atoms with E-state index in [1.807, 2.05) is 0 Å². The van der Waals surface area contributed by atoms with Crippen molar-refractivity contribution >= 4 is 28.6 Å². The highest BCUT2D eigenvalue weighted by atomic mass is 35.5. The molecule has 0 aliphatic heterocycles. The van der Waals surface area contributed by atoms with E-state index in [1.165, 1.54) is 30.5 Å². The Hall–Kier alpha value is -3.52. The Morgan fingerprint density at radius 3 is 2.69 bits per heavy atom. The first-order chi connectivity index (χ1) is 13.8. The number of rotatable bonds is 4. The number of carbonyl (C=O) groups is 1. The number of aromatic nitrogens is 3. The van der Waals surface area contributed by atoms with Crippen molar-refractivity contribution in [2.24, 2.45) is 0 Å². The van der Waals surface area contributed by atoms with Gasteiger partial charge in [0.2, 0.25) is 11.9 Å². The van der Waals surface area contributed by atoms with Crippen LogP contribution in [0.3, 0.4) is 0 Å². The van der Waals surface area contributed by atoms with Crippen LogP contribution < -0.4 is 4.73 Å². The third-order valence-electron chi connectivity index (χ3n) is 4.47. The van der Waals surface area contributed by atoms with Crippen molar-refractivity contribution in [2.75, 3.05) is 0 Å². The van der Waals surface area contributed by atoms with E-state index in [2.05, 4.69) is 9.97 Å². The third-order valence-corrected chi connectivity index (χ3v) is 4.76. The van der Waals surface area contributed by atoms with Gasteiger partial charge in [-0.1, -0.05) is 11.6 Å². The topological polar surface area (TPSA) is 90.1 Å². The van der Waals surface area contributed by atoms with E-state index < -0.39 is 17.6 Å². The summed E-state index contributed by atoms with van der Waals surface area (Å²) in [7, 11) is 0. The van der Waals surface area contributed by atoms with Crippen molar-refractivity contribution in [2.45, 2.75) is 6.42 Å². The van der Waals surface area contributed by atoms with E-state index in [9.17, 15) is 18.8 Å². The van der Waals surface area contributed by atoms with Crippen LogP contribution in [0, 0.1) is 11.6 Å². The fourth-order valence-electron chi connectivity index (χ4n) is 3.05. The molecule has 0 bridgehead atoms. The minimum atomic E-state index is -1.05. The Labute approximate surface area is 167 Å². The van der Waals surface area contributed by atoms with Gasteiger partial charge in [0, 0.05) is 10.8 Å². The molecule has 0 fully saturated rings. The molecule has 0 radical (unpaired) electrons. The number of aromatic carboxylic acids is 1. The van der Waals surface area contributed by atoms with E-state index in [0.29, 0.717) is 22.6 Å². The van der Waals surface area contributed by atoms with E-state index in [-0.39, 0.29) is 28.1 Å². The Morgan fingerprint density at radius 2 is 1.97 bits per heavy atom. The molecule has 29 heavy (non-hydrogen) atoms. The van der Waals surface area contributed by atoms with E-state index in [0.717, 1.165) is 16.9 Å². The zero-order chi connectivity index (χ0) is 20.7. The van der Waals surface area contributed by atoms with Crippen molar-refractivity contribution in [3.05, 3.63) is 82.4 Å². The predicted molar refractivity (Wildman–Crippen MR) is 100 cm³/mol. The molecule has 0 spiro atoms. The average Bonchev–Trinajstić information content (AvgIpc) is 3.08. The summed E-state index contributed by atoms with van der Waals surface area (Å²) in [4.78, 5) is 18.4. The summed E-state index contributed by atoms with van der Waals surface area (Å²) in [6.07, 6.45) is 1.35. The number of fused-ring (bicyclic) bond motifs is 1. The number of aromatic amines is 1. The van der Waals surface area contributed by atoms with Gasteiger partial charge in [-0.3, -0.25) is 5.21 Å². The molecule has 2 aromatic carbocycles. The molecule has 0 amide bonds. The first kappa shape index (κ1) is 18.8. The van der Waals surface area contributed by atoms with Gasteiger partial charge in [0.05, 0.1) is 39.2 Å². The van der Waals surface area contributed by atoms with Gasteiger partial charge in [0.15, 0.2) is 5.82 Å². The second kappa shape index (κ2) is 7.14. The molecule has 4 rings (SSSR count). The van der Waals surface area contributed by atoms with Crippen LogP contribution >= 0.6 is 11.6 Å². The van der Waals surface area contributed by atoms with Crippen LogP contribution in [0.25, 0.3) is 22.2 Å². The lowest BCUT2D eigenvalue weighted by Gasteiger charge is -2.05. The van der Waals surface area contributed by atoms with Crippen LogP contribution in [-0.4, -0.2) is 26.3 Å². The number of benzene rings is 2. The number of nitrogens with one attached hydrogen (secondary N) is 1. The largest absolute Gasteiger partial charge is 0.478 e. The molecule has 2 heterocycles. The van der Waals surface area contributed by atoms with E-state index >= 15 is 0 Å². The summed E-state index contributed by atoms with van der Waals surface area (Å²) in [5.41, 5.74) is 1.42. The van der Waals surface area contributed by atoms with Crippen LogP contribution in [0.2, 0.25) is 5.02 Å². The number of hydrogen-bond donors (Lipinski definition) is 3. The van der Waals surface area contributed by atoms with Crippen molar-refractivity contribution in [3.8, 4) is 11.1 Å². The molecular formula is C20H13ClF2N3O3+. The van der Waals surface area contributed by atoms with E-state index in [4.69, 9.17) is 16.7 Å². The molecule has 2 aromatic heterocycles. The molecule has 4 aromatic rings. The molecule has 0 atom stereocenters. The molecule has 146 valence electrons. The maximum Gasteiger partial charge on any atom is 0.335 e. The minimum absolute atomic E-state index is 0.115. The van der Waals surface area contributed by atoms with Crippen LogP contribution in [0.4, 0.5) is 8.78 Å². The van der Waals surface area contributed by atoms with Gasteiger partial charge < -0.3 is 10.1 Å². The van der Waals surface area contributed by atoms with Gasteiger partial charge in [-0.05, 0) is 36.4 Å². The summed E-state index contributed by atoms with van der Waals surface area (Å²) in [6.45, 7) is 0. The Bertz CT molecular complexity index is 1270. The Kier molecular flexibility index (Phi) is 4.63. The lowest BCUT2D eigenvalue weighted by Crippen LogP contribution is -2.35. The highest BCUT2D eigenvalue weighted by Gasteiger charge is 2.21. The number of hydrogen-bond acceptors (Lipinski definition) is 3. The van der Waals surface area contributed by atoms with Gasteiger partial charge >= 0.3 is 5.97 Å². The Balaban J connectivity index is 1.67. The Morgan fingerprint density at radius 1 is 1.17 bits per heavy atom.